The Hall–Kier alpha value is -2.18. The van der Waals surface area contributed by atoms with E-state index in [1.54, 1.807) is 18.2 Å². The van der Waals surface area contributed by atoms with Crippen molar-refractivity contribution in [3.05, 3.63) is 70.0 Å². The lowest BCUT2D eigenvalue weighted by Crippen LogP contribution is -2.12. The van der Waals surface area contributed by atoms with Crippen LogP contribution >= 0.6 is 11.6 Å². The summed E-state index contributed by atoms with van der Waals surface area (Å²) in [4.78, 5) is 12.4. The van der Waals surface area contributed by atoms with Crippen molar-refractivity contribution in [2.45, 2.75) is 12.8 Å². The first-order valence-corrected chi connectivity index (χ1v) is 6.37. The summed E-state index contributed by atoms with van der Waals surface area (Å²) < 4.78 is 13.4. The first-order chi connectivity index (χ1) is 9.54. The molecule has 20 heavy (non-hydrogen) atoms. The maximum Gasteiger partial charge on any atom is 0.186 e. The summed E-state index contributed by atoms with van der Waals surface area (Å²) in [6, 6.07) is 13.1. The number of benzene rings is 2. The molecule has 100 valence electrons. The van der Waals surface area contributed by atoms with E-state index in [1.807, 2.05) is 19.1 Å². The highest BCUT2D eigenvalue weighted by atomic mass is 35.5. The minimum absolute atomic E-state index is 0.0275. The number of ketones is 1. The van der Waals surface area contributed by atoms with Crippen LogP contribution in [0.25, 0.3) is 0 Å². The molecule has 4 heteroatoms. The summed E-state index contributed by atoms with van der Waals surface area (Å²) in [6.07, 6.45) is 0. The fourth-order valence-electron chi connectivity index (χ4n) is 1.98. The smallest absolute Gasteiger partial charge is 0.186 e. The van der Waals surface area contributed by atoms with Gasteiger partial charge in [0.05, 0.1) is 11.1 Å². The van der Waals surface area contributed by atoms with Crippen LogP contribution in [0.3, 0.4) is 0 Å². The number of carbonyl (C=O) groups excluding carboxylic acids is 1. The quantitative estimate of drug-likeness (QED) is 0.791. The van der Waals surface area contributed by atoms with Gasteiger partial charge in [0, 0.05) is 5.56 Å². The minimum atomic E-state index is -0.991. The molecule has 0 bridgehead atoms. The number of rotatable bonds is 3. The number of nitrogens with zero attached hydrogens (tertiary/aromatic N) is 1. The molecule has 2 nitrogen and oxygen atoms in total. The van der Waals surface area contributed by atoms with E-state index >= 15 is 0 Å². The molecule has 0 fully saturated rings. The summed E-state index contributed by atoms with van der Waals surface area (Å²) in [5.74, 6) is -2.16. The summed E-state index contributed by atoms with van der Waals surface area (Å²) in [7, 11) is 0. The highest BCUT2D eigenvalue weighted by Gasteiger charge is 2.24. The zero-order chi connectivity index (χ0) is 14.7. The molecule has 1 atom stereocenters. The van der Waals surface area contributed by atoms with Crippen molar-refractivity contribution in [3.63, 3.8) is 0 Å². The summed E-state index contributed by atoms with van der Waals surface area (Å²) in [6.45, 7) is 1.87. The molecule has 1 unspecified atom stereocenters. The van der Waals surface area contributed by atoms with Crippen molar-refractivity contribution in [1.82, 2.24) is 0 Å². The molecule has 2 rings (SSSR count). The first kappa shape index (κ1) is 14.2. The van der Waals surface area contributed by atoms with E-state index in [-0.39, 0.29) is 10.6 Å². The fraction of sp³-hybridized carbons (Fsp3) is 0.125. The maximum atomic E-state index is 13.4. The van der Waals surface area contributed by atoms with Gasteiger partial charge in [0.1, 0.15) is 11.7 Å². The maximum absolute atomic E-state index is 13.4. The third-order valence-corrected chi connectivity index (χ3v) is 3.37. The van der Waals surface area contributed by atoms with Crippen molar-refractivity contribution in [1.29, 1.82) is 5.26 Å². The van der Waals surface area contributed by atoms with Gasteiger partial charge in [0.15, 0.2) is 5.78 Å². The summed E-state index contributed by atoms with van der Waals surface area (Å²) in [5.41, 5.74) is 1.55. The Balaban J connectivity index is 2.45. The van der Waals surface area contributed by atoms with Gasteiger partial charge in [0.2, 0.25) is 0 Å². The predicted octanol–water partition coefficient (Wildman–Crippen LogP) is 4.28. The van der Waals surface area contributed by atoms with Crippen molar-refractivity contribution < 1.29 is 9.18 Å². The average Bonchev–Trinajstić information content (AvgIpc) is 2.42. The highest BCUT2D eigenvalue weighted by molar-refractivity contribution is 6.34. The monoisotopic (exact) mass is 287 g/mol. The zero-order valence-corrected chi connectivity index (χ0v) is 11.5. The summed E-state index contributed by atoms with van der Waals surface area (Å²) in [5, 5.41) is 9.01. The van der Waals surface area contributed by atoms with Crippen LogP contribution in [0.1, 0.15) is 27.4 Å². The molecule has 0 amide bonds. The molecular weight excluding hydrogens is 277 g/mol. The van der Waals surface area contributed by atoms with Gasteiger partial charge in [-0.05, 0) is 24.6 Å². The number of nitriles is 1. The molecule has 2 aromatic carbocycles. The van der Waals surface area contributed by atoms with Gasteiger partial charge in [-0.25, -0.2) is 4.39 Å². The number of aryl methyl sites for hydroxylation is 1. The van der Waals surface area contributed by atoms with E-state index in [2.05, 4.69) is 0 Å². The molecule has 0 heterocycles. The second-order valence-corrected chi connectivity index (χ2v) is 4.82. The van der Waals surface area contributed by atoms with Gasteiger partial charge in [-0.2, -0.15) is 5.26 Å². The number of halogens is 2. The van der Waals surface area contributed by atoms with Crippen LogP contribution in [-0.4, -0.2) is 5.78 Å². The molecule has 0 aliphatic carbocycles. The summed E-state index contributed by atoms with van der Waals surface area (Å²) >= 11 is 5.80. The van der Waals surface area contributed by atoms with Crippen molar-refractivity contribution >= 4 is 17.4 Å². The predicted molar refractivity (Wildman–Crippen MR) is 75.3 cm³/mol. The van der Waals surface area contributed by atoms with Crippen molar-refractivity contribution in [2.24, 2.45) is 0 Å². The topological polar surface area (TPSA) is 40.9 Å². The van der Waals surface area contributed by atoms with E-state index in [1.165, 1.54) is 18.2 Å². The Labute approximate surface area is 121 Å². The third-order valence-electron chi connectivity index (χ3n) is 2.98. The minimum Gasteiger partial charge on any atom is -0.292 e. The SMILES string of the molecule is Cc1cccc(C(C#N)C(=O)c2cccc(F)c2Cl)c1. The average molecular weight is 288 g/mol. The van der Waals surface area contributed by atoms with E-state index in [4.69, 9.17) is 11.6 Å². The van der Waals surface area contributed by atoms with Crippen LogP contribution in [0.15, 0.2) is 42.5 Å². The molecule has 2 aromatic rings. The Kier molecular flexibility index (Phi) is 4.16. The lowest BCUT2D eigenvalue weighted by molar-refractivity contribution is 0.0978. The largest absolute Gasteiger partial charge is 0.292 e. The van der Waals surface area contributed by atoms with Crippen LogP contribution in [0.5, 0.6) is 0 Å². The molecule has 0 saturated heterocycles. The van der Waals surface area contributed by atoms with Crippen molar-refractivity contribution in [3.8, 4) is 6.07 Å². The molecule has 0 aliphatic rings. The van der Waals surface area contributed by atoms with Crippen LogP contribution in [0, 0.1) is 24.1 Å². The van der Waals surface area contributed by atoms with Gasteiger partial charge in [0.25, 0.3) is 0 Å². The van der Waals surface area contributed by atoms with Crippen LogP contribution in [-0.2, 0) is 0 Å². The lowest BCUT2D eigenvalue weighted by atomic mass is 9.91. The van der Waals surface area contributed by atoms with Crippen molar-refractivity contribution in [2.75, 3.05) is 0 Å². The highest BCUT2D eigenvalue weighted by Crippen LogP contribution is 2.27. The van der Waals surface area contributed by atoms with Crippen LogP contribution in [0.4, 0.5) is 4.39 Å². The van der Waals surface area contributed by atoms with E-state index < -0.39 is 17.5 Å². The Morgan fingerprint density at radius 3 is 2.65 bits per heavy atom. The number of Topliss-reactive ketones (excluding diaryl/α,β-unsaturated/α-hetero) is 1. The van der Waals surface area contributed by atoms with Gasteiger partial charge in [-0.3, -0.25) is 4.79 Å². The van der Waals surface area contributed by atoms with Gasteiger partial charge < -0.3 is 0 Å². The van der Waals surface area contributed by atoms with E-state index in [9.17, 15) is 14.4 Å². The second-order valence-electron chi connectivity index (χ2n) is 4.44. The first-order valence-electron chi connectivity index (χ1n) is 5.99. The molecule has 0 N–H and O–H groups in total. The Morgan fingerprint density at radius 1 is 1.30 bits per heavy atom. The molecular formula is C16H11ClFNO. The second kappa shape index (κ2) is 5.85. The van der Waals surface area contributed by atoms with E-state index in [0.717, 1.165) is 5.56 Å². The fourth-order valence-corrected chi connectivity index (χ4v) is 2.20. The molecule has 0 spiro atoms. The molecule has 0 aliphatic heterocycles. The lowest BCUT2D eigenvalue weighted by Gasteiger charge is -2.11. The molecule has 0 aromatic heterocycles. The van der Waals surface area contributed by atoms with Gasteiger partial charge >= 0.3 is 0 Å². The van der Waals surface area contributed by atoms with Gasteiger partial charge in [-0.1, -0.05) is 47.5 Å². The number of hydrogen-bond donors (Lipinski definition) is 0. The third kappa shape index (κ3) is 2.71. The normalized spacial score (nSPS) is 11.7. The number of hydrogen-bond acceptors (Lipinski definition) is 2. The number of carbonyl (C=O) groups is 1. The Morgan fingerprint density at radius 2 is 2.00 bits per heavy atom. The van der Waals surface area contributed by atoms with Crippen LogP contribution in [0.2, 0.25) is 5.02 Å². The van der Waals surface area contributed by atoms with Gasteiger partial charge in [-0.15, -0.1) is 0 Å². The zero-order valence-electron chi connectivity index (χ0n) is 10.7. The Bertz CT molecular complexity index is 706. The standard InChI is InChI=1S/C16H11ClFNO/c1-10-4-2-5-11(8-10)13(9-19)16(20)12-6-3-7-14(18)15(12)17/h2-8,13H,1H3. The molecule has 0 saturated carbocycles. The van der Waals surface area contributed by atoms with Crippen LogP contribution < -0.4 is 0 Å². The van der Waals surface area contributed by atoms with E-state index in [0.29, 0.717) is 5.56 Å². The molecule has 0 radical (unpaired) electrons.